The van der Waals surface area contributed by atoms with Gasteiger partial charge in [-0.05, 0) is 63.8 Å². The number of hydrogen-bond donors (Lipinski definition) is 1. The van der Waals surface area contributed by atoms with Crippen molar-refractivity contribution in [1.82, 2.24) is 5.32 Å². The summed E-state index contributed by atoms with van der Waals surface area (Å²) < 4.78 is 5.99. The van der Waals surface area contributed by atoms with Crippen molar-refractivity contribution in [2.45, 2.75) is 60.1 Å². The molecule has 0 aliphatic rings. The van der Waals surface area contributed by atoms with Gasteiger partial charge in [-0.1, -0.05) is 48.4 Å². The standard InChI is InChI=1S/C22H29NO2/c1-7-20(25-21-11-9-14(2)12-17(21)5)22(24)23-18(6)19-13-15(3)8-10-16(19)4/h8-13,18,20H,7H2,1-6H3,(H,23,24)/t18-,20+/m0/s1. The minimum atomic E-state index is -0.492. The normalized spacial score (nSPS) is 13.2. The zero-order chi connectivity index (χ0) is 18.6. The Morgan fingerprint density at radius 3 is 2.28 bits per heavy atom. The Kier molecular flexibility index (Phi) is 6.24. The second-order valence-corrected chi connectivity index (χ2v) is 6.87. The lowest BCUT2D eigenvalue weighted by molar-refractivity contribution is -0.128. The Bertz CT molecular complexity index is 752. The van der Waals surface area contributed by atoms with Gasteiger partial charge in [0.1, 0.15) is 5.75 Å². The van der Waals surface area contributed by atoms with E-state index >= 15 is 0 Å². The lowest BCUT2D eigenvalue weighted by Gasteiger charge is -2.22. The van der Waals surface area contributed by atoms with Crippen LogP contribution < -0.4 is 10.1 Å². The van der Waals surface area contributed by atoms with Gasteiger partial charge in [-0.3, -0.25) is 4.79 Å². The molecule has 0 saturated carbocycles. The Hall–Kier alpha value is -2.29. The molecule has 0 aromatic heterocycles. The third kappa shape index (κ3) is 4.85. The maximum Gasteiger partial charge on any atom is 0.261 e. The third-order valence-electron chi connectivity index (χ3n) is 4.52. The van der Waals surface area contributed by atoms with Gasteiger partial charge >= 0.3 is 0 Å². The lowest BCUT2D eigenvalue weighted by Crippen LogP contribution is -2.39. The largest absolute Gasteiger partial charge is 0.480 e. The molecule has 1 amide bonds. The summed E-state index contributed by atoms with van der Waals surface area (Å²) in [6.45, 7) is 12.2. The van der Waals surface area contributed by atoms with Crippen LogP contribution in [0.1, 0.15) is 54.1 Å². The molecule has 0 bridgehead atoms. The van der Waals surface area contributed by atoms with E-state index in [0.29, 0.717) is 6.42 Å². The van der Waals surface area contributed by atoms with E-state index in [0.717, 1.165) is 16.9 Å². The average molecular weight is 339 g/mol. The van der Waals surface area contributed by atoms with Crippen LogP contribution in [-0.2, 0) is 4.79 Å². The van der Waals surface area contributed by atoms with Crippen LogP contribution in [0.5, 0.6) is 5.75 Å². The van der Waals surface area contributed by atoms with Gasteiger partial charge in [0.2, 0.25) is 0 Å². The lowest BCUT2D eigenvalue weighted by atomic mass is 10.00. The SMILES string of the molecule is CC[C@@H](Oc1ccc(C)cc1C)C(=O)N[C@@H](C)c1cc(C)ccc1C. The molecular formula is C22H29NO2. The third-order valence-corrected chi connectivity index (χ3v) is 4.52. The zero-order valence-electron chi connectivity index (χ0n) is 16.1. The number of rotatable bonds is 6. The summed E-state index contributed by atoms with van der Waals surface area (Å²) in [6, 6.07) is 12.3. The van der Waals surface area contributed by atoms with E-state index in [-0.39, 0.29) is 11.9 Å². The smallest absolute Gasteiger partial charge is 0.261 e. The van der Waals surface area contributed by atoms with Crippen LogP contribution in [0.25, 0.3) is 0 Å². The molecule has 0 aliphatic carbocycles. The summed E-state index contributed by atoms with van der Waals surface area (Å²) in [5.74, 6) is 0.697. The predicted molar refractivity (Wildman–Crippen MR) is 103 cm³/mol. The van der Waals surface area contributed by atoms with E-state index in [2.05, 4.69) is 43.4 Å². The second-order valence-electron chi connectivity index (χ2n) is 6.87. The summed E-state index contributed by atoms with van der Waals surface area (Å²) in [5.41, 5.74) is 5.76. The number of carbonyl (C=O) groups is 1. The molecule has 0 unspecified atom stereocenters. The molecule has 0 fully saturated rings. The number of aryl methyl sites for hydroxylation is 4. The first-order valence-electron chi connectivity index (χ1n) is 8.93. The molecule has 2 aromatic carbocycles. The summed E-state index contributed by atoms with van der Waals surface area (Å²) in [7, 11) is 0. The summed E-state index contributed by atoms with van der Waals surface area (Å²) in [4.78, 5) is 12.7. The van der Waals surface area contributed by atoms with Gasteiger partial charge in [0.15, 0.2) is 6.10 Å². The molecule has 3 heteroatoms. The first kappa shape index (κ1) is 19.0. The fourth-order valence-electron chi connectivity index (χ4n) is 3.02. The van der Waals surface area contributed by atoms with Crippen LogP contribution >= 0.6 is 0 Å². The van der Waals surface area contributed by atoms with Gasteiger partial charge in [-0.25, -0.2) is 0 Å². The van der Waals surface area contributed by atoms with Crippen LogP contribution in [-0.4, -0.2) is 12.0 Å². The fraction of sp³-hybridized carbons (Fsp3) is 0.409. The molecule has 0 radical (unpaired) electrons. The summed E-state index contributed by atoms with van der Waals surface area (Å²) >= 11 is 0. The molecule has 3 nitrogen and oxygen atoms in total. The number of carbonyl (C=O) groups excluding carboxylic acids is 1. The van der Waals surface area contributed by atoms with Crippen molar-refractivity contribution >= 4 is 5.91 Å². The van der Waals surface area contributed by atoms with Gasteiger partial charge < -0.3 is 10.1 Å². The van der Waals surface area contributed by atoms with E-state index in [4.69, 9.17) is 4.74 Å². The Labute approximate surface area is 151 Å². The van der Waals surface area contributed by atoms with E-state index in [1.807, 2.05) is 39.8 Å². The number of ether oxygens (including phenoxy) is 1. The van der Waals surface area contributed by atoms with Crippen LogP contribution in [0.3, 0.4) is 0 Å². The second kappa shape index (κ2) is 8.19. The Balaban J connectivity index is 2.10. The van der Waals surface area contributed by atoms with Gasteiger partial charge in [0.05, 0.1) is 6.04 Å². The molecule has 0 spiro atoms. The minimum absolute atomic E-state index is 0.0517. The first-order chi connectivity index (χ1) is 11.8. The highest BCUT2D eigenvalue weighted by Crippen LogP contribution is 2.22. The number of benzene rings is 2. The molecule has 0 aliphatic heterocycles. The number of amides is 1. The van der Waals surface area contributed by atoms with Crippen LogP contribution in [0.4, 0.5) is 0 Å². The van der Waals surface area contributed by atoms with Gasteiger partial charge in [-0.15, -0.1) is 0 Å². The Morgan fingerprint density at radius 2 is 1.64 bits per heavy atom. The van der Waals surface area contributed by atoms with E-state index in [1.54, 1.807) is 0 Å². The quantitative estimate of drug-likeness (QED) is 0.808. The van der Waals surface area contributed by atoms with Gasteiger partial charge in [0.25, 0.3) is 5.91 Å². The monoisotopic (exact) mass is 339 g/mol. The fourth-order valence-corrected chi connectivity index (χ4v) is 3.02. The maximum absolute atomic E-state index is 12.7. The number of hydrogen-bond acceptors (Lipinski definition) is 2. The van der Waals surface area contributed by atoms with Crippen LogP contribution in [0.2, 0.25) is 0 Å². The Morgan fingerprint density at radius 1 is 1.00 bits per heavy atom. The van der Waals surface area contributed by atoms with Crippen molar-refractivity contribution in [3.8, 4) is 5.75 Å². The van der Waals surface area contributed by atoms with Gasteiger partial charge in [-0.2, -0.15) is 0 Å². The summed E-state index contributed by atoms with van der Waals surface area (Å²) in [6.07, 6.45) is 0.132. The van der Waals surface area contributed by atoms with Crippen molar-refractivity contribution in [3.63, 3.8) is 0 Å². The minimum Gasteiger partial charge on any atom is -0.480 e. The molecule has 2 rings (SSSR count). The highest BCUT2D eigenvalue weighted by Gasteiger charge is 2.22. The van der Waals surface area contributed by atoms with Gasteiger partial charge in [0, 0.05) is 0 Å². The molecular weight excluding hydrogens is 310 g/mol. The van der Waals surface area contributed by atoms with Crippen molar-refractivity contribution in [2.24, 2.45) is 0 Å². The highest BCUT2D eigenvalue weighted by molar-refractivity contribution is 5.81. The molecule has 134 valence electrons. The highest BCUT2D eigenvalue weighted by atomic mass is 16.5. The van der Waals surface area contributed by atoms with E-state index in [1.165, 1.54) is 16.7 Å². The van der Waals surface area contributed by atoms with Crippen molar-refractivity contribution in [1.29, 1.82) is 0 Å². The first-order valence-corrected chi connectivity index (χ1v) is 8.93. The zero-order valence-corrected chi connectivity index (χ0v) is 16.1. The van der Waals surface area contributed by atoms with Crippen molar-refractivity contribution in [3.05, 3.63) is 64.2 Å². The molecule has 2 atom stereocenters. The maximum atomic E-state index is 12.7. The van der Waals surface area contributed by atoms with Crippen molar-refractivity contribution in [2.75, 3.05) is 0 Å². The predicted octanol–water partition coefficient (Wildman–Crippen LogP) is 4.96. The van der Waals surface area contributed by atoms with Crippen LogP contribution in [0.15, 0.2) is 36.4 Å². The van der Waals surface area contributed by atoms with Crippen molar-refractivity contribution < 1.29 is 9.53 Å². The van der Waals surface area contributed by atoms with Crippen LogP contribution in [0, 0.1) is 27.7 Å². The van der Waals surface area contributed by atoms with E-state index in [9.17, 15) is 4.79 Å². The molecule has 1 N–H and O–H groups in total. The molecule has 0 heterocycles. The molecule has 0 saturated heterocycles. The molecule has 25 heavy (non-hydrogen) atoms. The summed E-state index contributed by atoms with van der Waals surface area (Å²) in [5, 5.41) is 3.10. The average Bonchev–Trinajstić information content (AvgIpc) is 2.56. The number of nitrogens with one attached hydrogen (secondary N) is 1. The molecule has 2 aromatic rings. The van der Waals surface area contributed by atoms with E-state index < -0.39 is 6.10 Å². The topological polar surface area (TPSA) is 38.3 Å².